The molecule has 1 fully saturated rings. The van der Waals surface area contributed by atoms with Crippen molar-refractivity contribution in [2.45, 2.75) is 18.9 Å². The average Bonchev–Trinajstić information content (AvgIpc) is 2.31. The molecule has 0 aromatic carbocycles. The van der Waals surface area contributed by atoms with Gasteiger partial charge in [0.15, 0.2) is 5.69 Å². The summed E-state index contributed by atoms with van der Waals surface area (Å²) in [6, 6.07) is 0.332. The van der Waals surface area contributed by atoms with Crippen LogP contribution < -0.4 is 24.2 Å². The molecule has 1 aliphatic heterocycles. The second-order valence-corrected chi connectivity index (χ2v) is 3.62. The number of anilines is 1. The predicted octanol–water partition coefficient (Wildman–Crippen LogP) is -2.12. The van der Waals surface area contributed by atoms with Crippen LogP contribution in [0.4, 0.5) is 5.82 Å². The minimum absolute atomic E-state index is 0. The molecule has 17 heavy (non-hydrogen) atoms. The Morgan fingerprint density at radius 3 is 2.65 bits per heavy atom. The van der Waals surface area contributed by atoms with Crippen molar-refractivity contribution in [3.8, 4) is 0 Å². The standard InChI is InChI=1S/C10H13N3O3.Li.H/c14-10(15)8-5-12-9(6-11-8)13-7-1-3-16-4-2-7;;/h5-7H,1-4H2,(H,12,13)(H,14,15);;/q;+1;-1. The monoisotopic (exact) mass is 231 g/mol. The van der Waals surface area contributed by atoms with Gasteiger partial charge in [0, 0.05) is 19.3 Å². The third-order valence-electron chi connectivity index (χ3n) is 2.44. The minimum Gasteiger partial charge on any atom is -1.00 e. The van der Waals surface area contributed by atoms with E-state index in [1.165, 1.54) is 12.4 Å². The van der Waals surface area contributed by atoms with Gasteiger partial charge in [-0.25, -0.2) is 14.8 Å². The first-order valence-corrected chi connectivity index (χ1v) is 5.15. The van der Waals surface area contributed by atoms with Crippen LogP contribution in [0.3, 0.4) is 0 Å². The second-order valence-electron chi connectivity index (χ2n) is 3.62. The number of nitrogens with one attached hydrogen (secondary N) is 1. The Hall–Kier alpha value is -1.09. The molecule has 2 rings (SSSR count). The van der Waals surface area contributed by atoms with Crippen LogP contribution in [0.25, 0.3) is 0 Å². The Morgan fingerprint density at radius 1 is 1.41 bits per heavy atom. The van der Waals surface area contributed by atoms with E-state index in [0.29, 0.717) is 11.9 Å². The number of hydrogen-bond acceptors (Lipinski definition) is 5. The van der Waals surface area contributed by atoms with Gasteiger partial charge in [0.05, 0.1) is 12.4 Å². The Kier molecular flexibility index (Phi) is 5.42. The molecule has 0 atom stereocenters. The normalized spacial score (nSPS) is 16.0. The number of ether oxygens (including phenoxy) is 1. The molecule has 7 heteroatoms. The van der Waals surface area contributed by atoms with Crippen LogP contribution in [0.2, 0.25) is 0 Å². The van der Waals surface area contributed by atoms with Crippen LogP contribution in [0, 0.1) is 0 Å². The number of aromatic nitrogens is 2. The number of carboxylic acids is 1. The summed E-state index contributed by atoms with van der Waals surface area (Å²) in [4.78, 5) is 18.3. The van der Waals surface area contributed by atoms with Gasteiger partial charge >= 0.3 is 24.8 Å². The van der Waals surface area contributed by atoms with Crippen LogP contribution in [0.5, 0.6) is 0 Å². The molecular weight excluding hydrogens is 217 g/mol. The van der Waals surface area contributed by atoms with E-state index in [0.717, 1.165) is 26.1 Å². The minimum atomic E-state index is -1.06. The van der Waals surface area contributed by atoms with Gasteiger partial charge in [-0.15, -0.1) is 0 Å². The van der Waals surface area contributed by atoms with Crippen molar-refractivity contribution >= 4 is 11.8 Å². The summed E-state index contributed by atoms with van der Waals surface area (Å²) >= 11 is 0. The molecular formula is C10H14LiN3O3. The van der Waals surface area contributed by atoms with E-state index in [4.69, 9.17) is 9.84 Å². The van der Waals surface area contributed by atoms with Gasteiger partial charge in [-0.05, 0) is 12.8 Å². The molecule has 0 spiro atoms. The number of aromatic carboxylic acids is 1. The second kappa shape index (κ2) is 6.60. The molecule has 6 nitrogen and oxygen atoms in total. The summed E-state index contributed by atoms with van der Waals surface area (Å²) in [5, 5.41) is 11.9. The predicted molar refractivity (Wildman–Crippen MR) is 57.6 cm³/mol. The maximum Gasteiger partial charge on any atom is 1.00 e. The van der Waals surface area contributed by atoms with Gasteiger partial charge < -0.3 is 16.6 Å². The van der Waals surface area contributed by atoms with Crippen LogP contribution in [0.15, 0.2) is 12.4 Å². The van der Waals surface area contributed by atoms with Crippen molar-refractivity contribution in [1.29, 1.82) is 0 Å². The zero-order valence-corrected chi connectivity index (χ0v) is 9.72. The SMILES string of the molecule is O=C(O)c1cnc(NC2CCOCC2)cn1.[H-].[Li+]. The van der Waals surface area contributed by atoms with Gasteiger partial charge in [-0.3, -0.25) is 0 Å². The van der Waals surface area contributed by atoms with E-state index in [1.54, 1.807) is 0 Å². The quantitative estimate of drug-likeness (QED) is 0.579. The summed E-state index contributed by atoms with van der Waals surface area (Å²) < 4.78 is 5.23. The molecule has 0 saturated carbocycles. The Labute approximate surface area is 112 Å². The summed E-state index contributed by atoms with van der Waals surface area (Å²) in [6.07, 6.45) is 4.56. The van der Waals surface area contributed by atoms with E-state index in [-0.39, 0.29) is 26.0 Å². The van der Waals surface area contributed by atoms with Crippen molar-refractivity contribution in [2.24, 2.45) is 0 Å². The maximum absolute atomic E-state index is 10.6. The molecule has 1 saturated heterocycles. The molecule has 2 N–H and O–H groups in total. The molecule has 1 aromatic rings. The van der Waals surface area contributed by atoms with Crippen molar-refractivity contribution in [1.82, 2.24) is 9.97 Å². The number of carbonyl (C=O) groups is 1. The van der Waals surface area contributed by atoms with Crippen LogP contribution >= 0.6 is 0 Å². The third kappa shape index (κ3) is 4.00. The molecule has 88 valence electrons. The number of carboxylic acid groups (broad SMARTS) is 1. The van der Waals surface area contributed by atoms with Crippen molar-refractivity contribution < 1.29 is 34.9 Å². The number of rotatable bonds is 3. The summed E-state index contributed by atoms with van der Waals surface area (Å²) in [5.41, 5.74) is -0.0440. The van der Waals surface area contributed by atoms with Crippen molar-refractivity contribution in [3.05, 3.63) is 18.1 Å². The van der Waals surface area contributed by atoms with Gasteiger partial charge in [0.2, 0.25) is 0 Å². The fourth-order valence-corrected chi connectivity index (χ4v) is 1.56. The van der Waals surface area contributed by atoms with Gasteiger partial charge in [-0.2, -0.15) is 0 Å². The Morgan fingerprint density at radius 2 is 2.12 bits per heavy atom. The van der Waals surface area contributed by atoms with E-state index in [1.807, 2.05) is 0 Å². The average molecular weight is 231 g/mol. The Balaban J connectivity index is 0.00000144. The van der Waals surface area contributed by atoms with E-state index in [9.17, 15) is 4.79 Å². The van der Waals surface area contributed by atoms with Gasteiger partial charge in [0.1, 0.15) is 5.82 Å². The fraction of sp³-hybridized carbons (Fsp3) is 0.500. The Bertz CT molecular complexity index is 371. The molecule has 0 amide bonds. The fourth-order valence-electron chi connectivity index (χ4n) is 1.56. The summed E-state index contributed by atoms with van der Waals surface area (Å²) in [5.74, 6) is -0.456. The molecule has 1 aromatic heterocycles. The van der Waals surface area contributed by atoms with Crippen molar-refractivity contribution in [3.63, 3.8) is 0 Å². The van der Waals surface area contributed by atoms with E-state index < -0.39 is 5.97 Å². The topological polar surface area (TPSA) is 84.3 Å². The van der Waals surface area contributed by atoms with Crippen LogP contribution in [0.1, 0.15) is 24.8 Å². The van der Waals surface area contributed by atoms with E-state index in [2.05, 4.69) is 15.3 Å². The molecule has 0 bridgehead atoms. The first-order valence-electron chi connectivity index (χ1n) is 5.15. The maximum atomic E-state index is 10.6. The molecule has 0 radical (unpaired) electrons. The zero-order chi connectivity index (χ0) is 11.4. The van der Waals surface area contributed by atoms with Crippen LogP contribution in [-0.2, 0) is 4.74 Å². The largest absolute Gasteiger partial charge is 1.00 e. The van der Waals surface area contributed by atoms with Crippen LogP contribution in [-0.4, -0.2) is 40.3 Å². The number of hydrogen-bond donors (Lipinski definition) is 2. The first kappa shape index (κ1) is 14.0. The molecule has 2 heterocycles. The molecule has 0 aliphatic carbocycles. The van der Waals surface area contributed by atoms with E-state index >= 15 is 0 Å². The smallest absolute Gasteiger partial charge is 1.00 e. The van der Waals surface area contributed by atoms with Gasteiger partial charge in [-0.1, -0.05) is 0 Å². The van der Waals surface area contributed by atoms with Gasteiger partial charge in [0.25, 0.3) is 0 Å². The third-order valence-corrected chi connectivity index (χ3v) is 2.44. The molecule has 0 unspecified atom stereocenters. The van der Waals surface area contributed by atoms with Crippen molar-refractivity contribution in [2.75, 3.05) is 18.5 Å². The zero-order valence-electron chi connectivity index (χ0n) is 10.7. The number of nitrogens with zero attached hydrogens (tertiary/aromatic N) is 2. The summed E-state index contributed by atoms with van der Waals surface area (Å²) in [7, 11) is 0. The molecule has 1 aliphatic rings. The first-order chi connectivity index (χ1) is 7.75. The summed E-state index contributed by atoms with van der Waals surface area (Å²) in [6.45, 7) is 1.50.